The number of rotatable bonds is 9. The summed E-state index contributed by atoms with van der Waals surface area (Å²) < 4.78 is 12.2. The number of carbonyl (C=O) groups is 2. The van der Waals surface area contributed by atoms with Crippen molar-refractivity contribution in [1.82, 2.24) is 0 Å². The number of ketones is 1. The van der Waals surface area contributed by atoms with E-state index in [0.29, 0.717) is 18.9 Å². The van der Waals surface area contributed by atoms with Crippen molar-refractivity contribution in [3.63, 3.8) is 0 Å². The largest absolute Gasteiger partial charge is 0.457 e. The molecule has 0 spiro atoms. The molecule has 1 saturated carbocycles. The molecule has 1 aliphatic heterocycles. The van der Waals surface area contributed by atoms with E-state index in [2.05, 4.69) is 19.1 Å². The standard InChI is InChI=1S/C22H35ClO5Si/c1-20(10-6-5-7-11-20)18(27-13-8-14-29(3,4)26)22-15-17(24)16(9-12-23)21(22,2)28-19(22)25/h6,10,16,18,26H,5,7-9,11-15H2,1-4H3/t16?,18-,20+,21-,22+/m0/s1. The van der Waals surface area contributed by atoms with Crippen LogP contribution in [0, 0.1) is 16.7 Å². The average Bonchev–Trinajstić information content (AvgIpc) is 2.79. The third-order valence-corrected chi connectivity index (χ3v) is 9.10. The Morgan fingerprint density at radius 2 is 2.10 bits per heavy atom. The molecule has 1 unspecified atom stereocenters. The second kappa shape index (κ2) is 8.10. The normalized spacial score (nSPS) is 37.8. The highest BCUT2D eigenvalue weighted by Crippen LogP contribution is 2.65. The number of fused-ring (bicyclic) bond motifs is 1. The van der Waals surface area contributed by atoms with Gasteiger partial charge in [-0.1, -0.05) is 19.1 Å². The van der Waals surface area contributed by atoms with Gasteiger partial charge in [-0.25, -0.2) is 0 Å². The van der Waals surface area contributed by atoms with Crippen molar-refractivity contribution in [2.45, 2.75) is 83.2 Å². The zero-order valence-electron chi connectivity index (χ0n) is 18.1. The lowest BCUT2D eigenvalue weighted by Gasteiger charge is -2.58. The maximum atomic E-state index is 13.0. The van der Waals surface area contributed by atoms with Gasteiger partial charge >= 0.3 is 5.97 Å². The number of esters is 1. The molecule has 5 nitrogen and oxygen atoms in total. The molecule has 0 bridgehead atoms. The zero-order valence-corrected chi connectivity index (χ0v) is 19.9. The number of ether oxygens (including phenoxy) is 2. The second-order valence-corrected chi connectivity index (χ2v) is 14.6. The van der Waals surface area contributed by atoms with Crippen LogP contribution in [0.1, 0.15) is 52.4 Å². The molecule has 2 fully saturated rings. The molecule has 0 aromatic carbocycles. The summed E-state index contributed by atoms with van der Waals surface area (Å²) in [6.07, 6.45) is 8.29. The lowest BCUT2D eigenvalue weighted by Crippen LogP contribution is -2.72. The number of Topliss-reactive ketones (excluding diaryl/α,β-unsaturated/α-hetero) is 1. The van der Waals surface area contributed by atoms with Crippen molar-refractivity contribution < 1.29 is 23.9 Å². The topological polar surface area (TPSA) is 72.8 Å². The van der Waals surface area contributed by atoms with E-state index in [0.717, 1.165) is 31.7 Å². The Hall–Kier alpha value is -0.693. The SMILES string of the molecule is C[C@@]12OC(=O)[C@]1([C@@H](OCCC[Si](C)(C)O)[C@]1(C)C=CCCC1)CC(=O)C2CCCl. The van der Waals surface area contributed by atoms with E-state index in [1.807, 2.05) is 20.0 Å². The minimum absolute atomic E-state index is 0.0555. The molecular weight excluding hydrogens is 408 g/mol. The van der Waals surface area contributed by atoms with Crippen LogP contribution in [0.15, 0.2) is 12.2 Å². The molecular formula is C22H35ClO5Si. The smallest absolute Gasteiger partial charge is 0.319 e. The highest BCUT2D eigenvalue weighted by molar-refractivity contribution is 6.69. The van der Waals surface area contributed by atoms with E-state index >= 15 is 0 Å². The Bertz CT molecular complexity index is 689. The van der Waals surface area contributed by atoms with E-state index < -0.39 is 25.4 Å². The zero-order chi connectivity index (χ0) is 21.5. The van der Waals surface area contributed by atoms with Crippen molar-refractivity contribution in [2.75, 3.05) is 12.5 Å². The predicted molar refractivity (Wildman–Crippen MR) is 115 cm³/mol. The molecule has 3 rings (SSSR count). The van der Waals surface area contributed by atoms with Crippen LogP contribution in [0.25, 0.3) is 0 Å². The Morgan fingerprint density at radius 1 is 1.38 bits per heavy atom. The minimum Gasteiger partial charge on any atom is -0.457 e. The number of hydrogen-bond acceptors (Lipinski definition) is 5. The van der Waals surface area contributed by atoms with Gasteiger partial charge in [0.15, 0.2) is 8.32 Å². The van der Waals surface area contributed by atoms with Gasteiger partial charge in [0.25, 0.3) is 0 Å². The highest BCUT2D eigenvalue weighted by atomic mass is 35.5. The van der Waals surface area contributed by atoms with Crippen molar-refractivity contribution in [3.05, 3.63) is 12.2 Å². The number of alkyl halides is 1. The fourth-order valence-electron chi connectivity index (χ4n) is 5.73. The monoisotopic (exact) mass is 442 g/mol. The summed E-state index contributed by atoms with van der Waals surface area (Å²) in [5, 5.41) is 0. The average molecular weight is 443 g/mol. The third-order valence-electron chi connectivity index (χ3n) is 7.31. The van der Waals surface area contributed by atoms with Gasteiger partial charge in [-0.05, 0) is 58.2 Å². The second-order valence-electron chi connectivity index (χ2n) is 10.1. The van der Waals surface area contributed by atoms with Crippen LogP contribution in [-0.2, 0) is 19.1 Å². The van der Waals surface area contributed by atoms with Crippen LogP contribution in [0.5, 0.6) is 0 Å². The Labute approximate surface area is 180 Å². The molecule has 0 aromatic heterocycles. The van der Waals surface area contributed by atoms with E-state index in [4.69, 9.17) is 21.1 Å². The molecule has 0 aromatic rings. The van der Waals surface area contributed by atoms with Gasteiger partial charge in [-0.3, -0.25) is 9.59 Å². The lowest BCUT2D eigenvalue weighted by atomic mass is 9.56. The van der Waals surface area contributed by atoms with Crippen LogP contribution in [0.3, 0.4) is 0 Å². The van der Waals surface area contributed by atoms with Gasteiger partial charge in [0.1, 0.15) is 16.8 Å². The maximum absolute atomic E-state index is 13.0. The molecule has 3 aliphatic rings. The van der Waals surface area contributed by atoms with Gasteiger partial charge in [0.2, 0.25) is 0 Å². The summed E-state index contributed by atoms with van der Waals surface area (Å²) in [5.41, 5.74) is -2.15. The number of carbonyl (C=O) groups excluding carboxylic acids is 2. The molecule has 0 amide bonds. The van der Waals surface area contributed by atoms with E-state index in [1.54, 1.807) is 0 Å². The summed E-state index contributed by atoms with van der Waals surface area (Å²) in [6.45, 7) is 8.33. The van der Waals surface area contributed by atoms with Crippen molar-refractivity contribution in [3.8, 4) is 0 Å². The first-order valence-electron chi connectivity index (χ1n) is 10.8. The van der Waals surface area contributed by atoms with Crippen molar-refractivity contribution >= 4 is 31.7 Å². The van der Waals surface area contributed by atoms with Crippen molar-refractivity contribution in [1.29, 1.82) is 0 Å². The quantitative estimate of drug-likeness (QED) is 0.190. The van der Waals surface area contributed by atoms with E-state index in [-0.39, 0.29) is 29.5 Å². The summed E-state index contributed by atoms with van der Waals surface area (Å²) in [7, 11) is -2.15. The summed E-state index contributed by atoms with van der Waals surface area (Å²) in [4.78, 5) is 36.1. The predicted octanol–water partition coefficient (Wildman–Crippen LogP) is 4.23. The van der Waals surface area contributed by atoms with Gasteiger partial charge in [-0.2, -0.15) is 0 Å². The first-order valence-corrected chi connectivity index (χ1v) is 14.5. The molecule has 2 aliphatic carbocycles. The van der Waals surface area contributed by atoms with E-state index in [9.17, 15) is 14.4 Å². The molecule has 0 radical (unpaired) electrons. The number of halogens is 1. The fraction of sp³-hybridized carbons (Fsp3) is 0.818. The number of allylic oxidation sites excluding steroid dienone is 1. The van der Waals surface area contributed by atoms with Gasteiger partial charge < -0.3 is 14.3 Å². The molecule has 164 valence electrons. The van der Waals surface area contributed by atoms with Gasteiger partial charge in [-0.15, -0.1) is 11.6 Å². The first kappa shape index (κ1) is 23.0. The summed E-state index contributed by atoms with van der Waals surface area (Å²) >= 11 is 5.97. The number of hydrogen-bond donors (Lipinski definition) is 1. The highest BCUT2D eigenvalue weighted by Gasteiger charge is 2.80. The summed E-state index contributed by atoms with van der Waals surface area (Å²) in [5.74, 6) is -0.269. The van der Waals surface area contributed by atoms with Crippen LogP contribution >= 0.6 is 11.6 Å². The third kappa shape index (κ3) is 3.86. The molecule has 7 heteroatoms. The lowest BCUT2D eigenvalue weighted by molar-refractivity contribution is -0.275. The van der Waals surface area contributed by atoms with Gasteiger partial charge in [0, 0.05) is 24.3 Å². The molecule has 1 heterocycles. The van der Waals surface area contributed by atoms with Crippen LogP contribution in [0.2, 0.25) is 19.1 Å². The van der Waals surface area contributed by atoms with Gasteiger partial charge in [0.05, 0.1) is 12.0 Å². The first-order chi connectivity index (χ1) is 13.5. The van der Waals surface area contributed by atoms with E-state index in [1.165, 1.54) is 0 Å². The fourth-order valence-corrected chi connectivity index (χ4v) is 6.96. The molecule has 1 saturated heterocycles. The summed E-state index contributed by atoms with van der Waals surface area (Å²) in [6, 6.07) is 0.745. The maximum Gasteiger partial charge on any atom is 0.319 e. The Kier molecular flexibility index (Phi) is 6.42. The van der Waals surface area contributed by atoms with Crippen LogP contribution in [-0.4, -0.2) is 49.1 Å². The van der Waals surface area contributed by atoms with Crippen LogP contribution in [0.4, 0.5) is 0 Å². The minimum atomic E-state index is -2.15. The van der Waals surface area contributed by atoms with Crippen LogP contribution < -0.4 is 0 Å². The molecule has 5 atom stereocenters. The Morgan fingerprint density at radius 3 is 2.66 bits per heavy atom. The van der Waals surface area contributed by atoms with Crippen molar-refractivity contribution in [2.24, 2.45) is 16.7 Å². The Balaban J connectivity index is 1.92. The molecule has 29 heavy (non-hydrogen) atoms. The molecule has 1 N–H and O–H groups in total.